The fourth-order valence-corrected chi connectivity index (χ4v) is 1.18. The van der Waals surface area contributed by atoms with Crippen LogP contribution >= 0.6 is 0 Å². The number of hydrogen-bond donors (Lipinski definition) is 1. The second kappa shape index (κ2) is 2.87. The third kappa shape index (κ3) is 1.09. The maximum Gasteiger partial charge on any atom is 0.252 e. The van der Waals surface area contributed by atoms with Crippen molar-refractivity contribution in [2.45, 2.75) is 0 Å². The molecule has 0 bridgehead atoms. The highest BCUT2D eigenvalue weighted by atomic mass is 19.2. The van der Waals surface area contributed by atoms with Gasteiger partial charge in [0, 0.05) is 5.39 Å². The number of halogens is 3. The number of rotatable bonds is 0. The number of phenolic OH excluding ortho intramolecular Hbond substituents is 1. The van der Waals surface area contributed by atoms with E-state index >= 15 is 0 Å². The zero-order chi connectivity index (χ0) is 10.3. The molecule has 0 spiro atoms. The monoisotopic (exact) mass is 199 g/mol. The molecule has 0 saturated heterocycles. The summed E-state index contributed by atoms with van der Waals surface area (Å²) in [5.41, 5.74) is -0.288. The predicted octanol–water partition coefficient (Wildman–Crippen LogP) is 2.36. The first kappa shape index (κ1) is 8.80. The van der Waals surface area contributed by atoms with Gasteiger partial charge < -0.3 is 5.11 Å². The number of pyridine rings is 1. The number of hydrogen-bond acceptors (Lipinski definition) is 2. The smallest absolute Gasteiger partial charge is 0.252 e. The average molecular weight is 199 g/mol. The van der Waals surface area contributed by atoms with E-state index in [1.807, 2.05) is 0 Å². The summed E-state index contributed by atoms with van der Waals surface area (Å²) in [6.07, 6.45) is 0. The van der Waals surface area contributed by atoms with Crippen LogP contribution in [-0.4, -0.2) is 10.1 Å². The number of phenols is 1. The van der Waals surface area contributed by atoms with Gasteiger partial charge in [-0.25, -0.2) is 9.37 Å². The van der Waals surface area contributed by atoms with Crippen LogP contribution in [0.15, 0.2) is 18.2 Å². The van der Waals surface area contributed by atoms with Gasteiger partial charge in [-0.2, -0.15) is 8.78 Å². The number of aromatic hydroxyl groups is 1. The average Bonchev–Trinajstić information content (AvgIpc) is 2.17. The summed E-state index contributed by atoms with van der Waals surface area (Å²) in [6, 6.07) is 3.74. The summed E-state index contributed by atoms with van der Waals surface area (Å²) in [5.74, 6) is -4.93. The highest BCUT2D eigenvalue weighted by Gasteiger charge is 2.16. The van der Waals surface area contributed by atoms with E-state index in [9.17, 15) is 18.3 Å². The number of para-hydroxylation sites is 1. The minimum Gasteiger partial charge on any atom is -0.506 e. The Morgan fingerprint density at radius 1 is 1.07 bits per heavy atom. The maximum atomic E-state index is 13.1. The van der Waals surface area contributed by atoms with Crippen LogP contribution in [0, 0.1) is 17.6 Å². The van der Waals surface area contributed by atoms with Crippen molar-refractivity contribution in [2.24, 2.45) is 0 Å². The summed E-state index contributed by atoms with van der Waals surface area (Å²) < 4.78 is 38.4. The topological polar surface area (TPSA) is 33.1 Å². The van der Waals surface area contributed by atoms with Crippen LogP contribution < -0.4 is 0 Å². The van der Waals surface area contributed by atoms with E-state index in [1.54, 1.807) is 0 Å². The fraction of sp³-hybridized carbons (Fsp3) is 0. The second-order valence-corrected chi connectivity index (χ2v) is 2.70. The number of nitrogens with zero attached hydrogens (tertiary/aromatic N) is 1. The number of benzene rings is 1. The normalized spacial score (nSPS) is 10.8. The first-order chi connectivity index (χ1) is 6.61. The summed E-state index contributed by atoms with van der Waals surface area (Å²) in [5, 5.41) is 8.95. The van der Waals surface area contributed by atoms with Gasteiger partial charge in [-0.15, -0.1) is 0 Å². The Hall–Kier alpha value is -1.78. The third-order valence-electron chi connectivity index (χ3n) is 1.83. The summed E-state index contributed by atoms with van der Waals surface area (Å²) >= 11 is 0. The van der Waals surface area contributed by atoms with Gasteiger partial charge in [-0.1, -0.05) is 6.07 Å². The maximum absolute atomic E-state index is 13.1. The molecule has 0 aliphatic rings. The molecule has 2 aromatic rings. The summed E-state index contributed by atoms with van der Waals surface area (Å²) in [7, 11) is 0. The number of aromatic nitrogens is 1. The SMILES string of the molecule is Oc1cccc2c(F)c(F)c(F)nc12. The Labute approximate surface area is 76.6 Å². The lowest BCUT2D eigenvalue weighted by molar-refractivity contribution is 0.431. The molecule has 1 heterocycles. The largest absolute Gasteiger partial charge is 0.506 e. The Balaban J connectivity index is 2.98. The molecule has 72 valence electrons. The molecule has 0 atom stereocenters. The van der Waals surface area contributed by atoms with Crippen LogP contribution in [0.1, 0.15) is 0 Å². The summed E-state index contributed by atoms with van der Waals surface area (Å²) in [6.45, 7) is 0. The van der Waals surface area contributed by atoms with Gasteiger partial charge in [0.05, 0.1) is 0 Å². The zero-order valence-corrected chi connectivity index (χ0v) is 6.76. The highest BCUT2D eigenvalue weighted by molar-refractivity contribution is 5.84. The molecule has 0 amide bonds. The van der Waals surface area contributed by atoms with Crippen LogP contribution in [0.3, 0.4) is 0 Å². The van der Waals surface area contributed by atoms with Gasteiger partial charge in [-0.3, -0.25) is 0 Å². The van der Waals surface area contributed by atoms with Crippen LogP contribution in [0.2, 0.25) is 0 Å². The van der Waals surface area contributed by atoms with E-state index in [-0.39, 0.29) is 16.7 Å². The van der Waals surface area contributed by atoms with Crippen LogP contribution in [-0.2, 0) is 0 Å². The Kier molecular flexibility index (Phi) is 1.80. The molecule has 2 rings (SSSR count). The van der Waals surface area contributed by atoms with Gasteiger partial charge in [-0.05, 0) is 12.1 Å². The van der Waals surface area contributed by atoms with Crippen molar-refractivity contribution < 1.29 is 18.3 Å². The van der Waals surface area contributed by atoms with Gasteiger partial charge in [0.1, 0.15) is 11.3 Å². The predicted molar refractivity (Wildman–Crippen MR) is 43.3 cm³/mol. The van der Waals surface area contributed by atoms with Crippen LogP contribution in [0.4, 0.5) is 13.2 Å². The molecule has 0 aliphatic heterocycles. The van der Waals surface area contributed by atoms with E-state index in [0.717, 1.165) is 0 Å². The third-order valence-corrected chi connectivity index (χ3v) is 1.83. The second-order valence-electron chi connectivity index (χ2n) is 2.70. The molecule has 0 aliphatic carbocycles. The van der Waals surface area contributed by atoms with Crippen molar-refractivity contribution in [1.29, 1.82) is 0 Å². The van der Waals surface area contributed by atoms with Crippen LogP contribution in [0.25, 0.3) is 10.9 Å². The van der Waals surface area contributed by atoms with E-state index in [4.69, 9.17) is 0 Å². The van der Waals surface area contributed by atoms with E-state index in [0.29, 0.717) is 0 Å². The van der Waals surface area contributed by atoms with E-state index in [1.165, 1.54) is 18.2 Å². The van der Waals surface area contributed by atoms with Gasteiger partial charge in [0.15, 0.2) is 5.82 Å². The lowest BCUT2D eigenvalue weighted by atomic mass is 10.2. The Morgan fingerprint density at radius 3 is 2.50 bits per heavy atom. The minimum atomic E-state index is -1.64. The number of fused-ring (bicyclic) bond motifs is 1. The van der Waals surface area contributed by atoms with Crippen molar-refractivity contribution in [3.8, 4) is 5.75 Å². The molecule has 0 saturated carbocycles. The highest BCUT2D eigenvalue weighted by Crippen LogP contribution is 2.26. The standard InChI is InChI=1S/C9H4F3NO/c10-6-4-2-1-3-5(14)8(4)13-9(12)7(6)11/h1-3,14H. The van der Waals surface area contributed by atoms with Crippen LogP contribution in [0.5, 0.6) is 5.75 Å². The molecule has 1 aromatic carbocycles. The van der Waals surface area contributed by atoms with Crippen molar-refractivity contribution >= 4 is 10.9 Å². The molecule has 1 N–H and O–H groups in total. The first-order valence-electron chi connectivity index (χ1n) is 3.73. The zero-order valence-electron chi connectivity index (χ0n) is 6.76. The quantitative estimate of drug-likeness (QED) is 0.660. The first-order valence-corrected chi connectivity index (χ1v) is 3.73. The molecule has 0 unspecified atom stereocenters. The summed E-state index contributed by atoms with van der Waals surface area (Å²) in [4.78, 5) is 3.10. The minimum absolute atomic E-state index is 0.246. The van der Waals surface area contributed by atoms with Crippen molar-refractivity contribution in [3.63, 3.8) is 0 Å². The molecule has 1 aromatic heterocycles. The lowest BCUT2D eigenvalue weighted by Crippen LogP contribution is -1.96. The Morgan fingerprint density at radius 2 is 1.79 bits per heavy atom. The molecular formula is C9H4F3NO. The molecule has 2 nitrogen and oxygen atoms in total. The molecule has 0 radical (unpaired) electrons. The van der Waals surface area contributed by atoms with Gasteiger partial charge in [0.2, 0.25) is 5.82 Å². The Bertz CT molecular complexity index is 513. The van der Waals surface area contributed by atoms with Gasteiger partial charge in [0.25, 0.3) is 5.95 Å². The van der Waals surface area contributed by atoms with Crippen molar-refractivity contribution in [2.75, 3.05) is 0 Å². The molecular weight excluding hydrogens is 195 g/mol. The molecule has 5 heteroatoms. The van der Waals surface area contributed by atoms with E-state index < -0.39 is 17.6 Å². The van der Waals surface area contributed by atoms with Crippen molar-refractivity contribution in [1.82, 2.24) is 4.98 Å². The molecule has 0 fully saturated rings. The molecule has 14 heavy (non-hydrogen) atoms. The fourth-order valence-electron chi connectivity index (χ4n) is 1.18. The van der Waals surface area contributed by atoms with Crippen molar-refractivity contribution in [3.05, 3.63) is 35.8 Å². The van der Waals surface area contributed by atoms with Gasteiger partial charge >= 0.3 is 0 Å². The lowest BCUT2D eigenvalue weighted by Gasteiger charge is -2.02. The van der Waals surface area contributed by atoms with E-state index in [2.05, 4.69) is 4.98 Å².